The minimum atomic E-state index is -1.57. The molecule has 0 bridgehead atoms. The number of nitrogens with zero attached hydrogens (tertiary/aromatic N) is 1. The molecule has 1 aliphatic heterocycles. The van der Waals surface area contributed by atoms with E-state index in [0.29, 0.717) is 18.5 Å². The van der Waals surface area contributed by atoms with Crippen molar-refractivity contribution >= 4 is 41.0 Å². The minimum Gasteiger partial charge on any atom is -0.480 e. The fraction of sp³-hybridized carbons (Fsp3) is 0.350. The number of aromatic nitrogens is 2. The number of carboxylic acids is 2. The largest absolute Gasteiger partial charge is 0.480 e. The summed E-state index contributed by atoms with van der Waals surface area (Å²) >= 11 is 0. The summed E-state index contributed by atoms with van der Waals surface area (Å²) in [7, 11) is 0. The molecule has 9 N–H and O–H groups in total. The first-order valence-electron chi connectivity index (χ1n) is 10.2. The highest BCUT2D eigenvalue weighted by molar-refractivity contribution is 5.97. The number of anilines is 4. The van der Waals surface area contributed by atoms with Crippen LogP contribution in [0, 0.1) is 0 Å². The van der Waals surface area contributed by atoms with Crippen LogP contribution in [0.2, 0.25) is 0 Å². The lowest BCUT2D eigenvalue weighted by molar-refractivity contribution is -0.141. The number of hydrogen-bond acceptors (Lipinski definition) is 9. The summed E-state index contributed by atoms with van der Waals surface area (Å²) in [6, 6.07) is 5.15. The molecular formula is C20H25N7O6. The zero-order chi connectivity index (χ0) is 24.2. The van der Waals surface area contributed by atoms with E-state index in [-0.39, 0.29) is 36.1 Å². The molecule has 2 aromatic rings. The van der Waals surface area contributed by atoms with Crippen molar-refractivity contribution in [2.45, 2.75) is 31.3 Å². The van der Waals surface area contributed by atoms with E-state index in [1.807, 2.05) is 6.92 Å². The summed E-state index contributed by atoms with van der Waals surface area (Å²) in [5.74, 6) is -2.76. The standard InChI is InChI=1S/C20H25N7O6/c1-2-3-12(17(30)31)24-15(28)10-4-6-11(7-5-10)22-8-20(18(32)33)9-23-14-13(27-20)16(29)26-19(21)25-14/h4-7,12,22,27H,2-3,8-9H2,1H3,(H,24,28)(H,30,31)(H,32,33)(H4,21,23,25,26,29)/t12?,20-/m1/s1. The van der Waals surface area contributed by atoms with Crippen LogP contribution in [0.15, 0.2) is 29.1 Å². The van der Waals surface area contributed by atoms with Crippen molar-refractivity contribution in [3.8, 4) is 0 Å². The van der Waals surface area contributed by atoms with Crippen LogP contribution in [0.5, 0.6) is 0 Å². The molecule has 1 aromatic carbocycles. The van der Waals surface area contributed by atoms with Gasteiger partial charge in [0.1, 0.15) is 11.7 Å². The average molecular weight is 459 g/mol. The van der Waals surface area contributed by atoms with Gasteiger partial charge in [-0.25, -0.2) is 9.59 Å². The molecule has 0 radical (unpaired) electrons. The molecule has 3 rings (SSSR count). The third-order valence-electron chi connectivity index (χ3n) is 5.19. The number of carboxylic acid groups (broad SMARTS) is 2. The number of nitrogen functional groups attached to an aromatic ring is 1. The van der Waals surface area contributed by atoms with Gasteiger partial charge in [0.25, 0.3) is 11.5 Å². The Balaban J connectivity index is 1.69. The van der Waals surface area contributed by atoms with Crippen LogP contribution in [0.4, 0.5) is 23.1 Å². The number of amides is 1. The van der Waals surface area contributed by atoms with Crippen LogP contribution < -0.4 is 32.6 Å². The summed E-state index contributed by atoms with van der Waals surface area (Å²) in [6.07, 6.45) is 0.918. The Hall–Kier alpha value is -4.29. The average Bonchev–Trinajstić information content (AvgIpc) is 2.77. The van der Waals surface area contributed by atoms with Gasteiger partial charge in [-0.15, -0.1) is 0 Å². The Morgan fingerprint density at radius 1 is 1.24 bits per heavy atom. The van der Waals surface area contributed by atoms with Crippen LogP contribution in [-0.2, 0) is 9.59 Å². The van der Waals surface area contributed by atoms with E-state index in [4.69, 9.17) is 5.73 Å². The highest BCUT2D eigenvalue weighted by Gasteiger charge is 2.43. The van der Waals surface area contributed by atoms with E-state index in [1.165, 1.54) is 12.1 Å². The van der Waals surface area contributed by atoms with Crippen molar-refractivity contribution in [1.29, 1.82) is 0 Å². The van der Waals surface area contributed by atoms with Crippen molar-refractivity contribution in [3.63, 3.8) is 0 Å². The number of carbonyl (C=O) groups is 3. The first kappa shape index (κ1) is 23.4. The second-order valence-corrected chi connectivity index (χ2v) is 7.62. The van der Waals surface area contributed by atoms with Crippen LogP contribution in [0.1, 0.15) is 30.1 Å². The quantitative estimate of drug-likeness (QED) is 0.252. The third kappa shape index (κ3) is 5.14. The van der Waals surface area contributed by atoms with Crippen molar-refractivity contribution in [2.24, 2.45) is 0 Å². The maximum absolute atomic E-state index is 12.3. The molecule has 0 spiro atoms. The van der Waals surface area contributed by atoms with Gasteiger partial charge in [-0.2, -0.15) is 4.98 Å². The number of nitrogens with one attached hydrogen (secondary N) is 5. The smallest absolute Gasteiger partial charge is 0.333 e. The molecule has 1 aromatic heterocycles. The van der Waals surface area contributed by atoms with Crippen LogP contribution in [0.3, 0.4) is 0 Å². The zero-order valence-corrected chi connectivity index (χ0v) is 17.8. The predicted octanol–water partition coefficient (Wildman–Crippen LogP) is 0.108. The number of H-pyrrole nitrogens is 1. The summed E-state index contributed by atoms with van der Waals surface area (Å²) in [4.78, 5) is 54.0. The lowest BCUT2D eigenvalue weighted by Crippen LogP contribution is -2.59. The number of fused-ring (bicyclic) bond motifs is 1. The van der Waals surface area contributed by atoms with Gasteiger partial charge < -0.3 is 37.2 Å². The SMILES string of the molecule is CCCC(NC(=O)c1ccc(NC[C@]2(C(=O)O)CNc3nc(N)[nH]c(=O)c3N2)cc1)C(=O)O. The van der Waals surface area contributed by atoms with Gasteiger partial charge in [-0.05, 0) is 30.7 Å². The lowest BCUT2D eigenvalue weighted by atomic mass is 9.96. The van der Waals surface area contributed by atoms with E-state index < -0.39 is 35.0 Å². The predicted molar refractivity (Wildman–Crippen MR) is 120 cm³/mol. The van der Waals surface area contributed by atoms with Crippen molar-refractivity contribution in [2.75, 3.05) is 34.8 Å². The highest BCUT2D eigenvalue weighted by Crippen LogP contribution is 2.26. The molecule has 13 nitrogen and oxygen atoms in total. The number of carbonyl (C=O) groups excluding carboxylic acids is 1. The monoisotopic (exact) mass is 459 g/mol. The zero-order valence-electron chi connectivity index (χ0n) is 17.8. The van der Waals surface area contributed by atoms with E-state index >= 15 is 0 Å². The summed E-state index contributed by atoms with van der Waals surface area (Å²) in [5.41, 5.74) is 4.09. The topological polar surface area (TPSA) is 212 Å². The van der Waals surface area contributed by atoms with E-state index in [2.05, 4.69) is 31.2 Å². The normalized spacial score (nSPS) is 17.6. The van der Waals surface area contributed by atoms with Crippen molar-refractivity contribution in [1.82, 2.24) is 15.3 Å². The van der Waals surface area contributed by atoms with Crippen LogP contribution in [-0.4, -0.2) is 62.7 Å². The molecule has 176 valence electrons. The van der Waals surface area contributed by atoms with Gasteiger partial charge in [0.2, 0.25) is 5.95 Å². The molecule has 13 heteroatoms. The third-order valence-corrected chi connectivity index (χ3v) is 5.19. The highest BCUT2D eigenvalue weighted by atomic mass is 16.4. The Morgan fingerprint density at radius 3 is 2.55 bits per heavy atom. The molecule has 2 heterocycles. The maximum atomic E-state index is 12.3. The van der Waals surface area contributed by atoms with Crippen LogP contribution in [0.25, 0.3) is 0 Å². The molecule has 0 fully saturated rings. The van der Waals surface area contributed by atoms with Crippen molar-refractivity contribution in [3.05, 3.63) is 40.2 Å². The van der Waals surface area contributed by atoms with E-state index in [1.54, 1.807) is 12.1 Å². The van der Waals surface area contributed by atoms with Crippen molar-refractivity contribution < 1.29 is 24.6 Å². The molecular weight excluding hydrogens is 434 g/mol. The van der Waals surface area contributed by atoms with E-state index in [9.17, 15) is 29.4 Å². The Kier molecular flexibility index (Phi) is 6.70. The molecule has 1 unspecified atom stereocenters. The second-order valence-electron chi connectivity index (χ2n) is 7.62. The van der Waals surface area contributed by atoms with Gasteiger partial charge in [0, 0.05) is 11.3 Å². The number of aliphatic carboxylic acids is 2. The molecule has 33 heavy (non-hydrogen) atoms. The van der Waals surface area contributed by atoms with Gasteiger partial charge in [-0.1, -0.05) is 13.3 Å². The number of nitrogens with two attached hydrogens (primary N) is 1. The second kappa shape index (κ2) is 9.46. The maximum Gasteiger partial charge on any atom is 0.333 e. The number of aromatic amines is 1. The number of hydrogen-bond donors (Lipinski definition) is 8. The molecule has 2 atom stereocenters. The summed E-state index contributed by atoms with van der Waals surface area (Å²) in [5, 5.41) is 30.0. The first-order chi connectivity index (χ1) is 15.6. The lowest BCUT2D eigenvalue weighted by Gasteiger charge is -2.36. The molecule has 0 saturated heterocycles. The minimum absolute atomic E-state index is 0.0354. The Bertz CT molecular complexity index is 1120. The Labute approximate surface area is 187 Å². The molecule has 0 aliphatic carbocycles. The van der Waals surface area contributed by atoms with Gasteiger partial charge in [-0.3, -0.25) is 14.6 Å². The molecule has 1 aliphatic rings. The van der Waals surface area contributed by atoms with Gasteiger partial charge in [0.05, 0.1) is 13.1 Å². The Morgan fingerprint density at radius 2 is 1.94 bits per heavy atom. The van der Waals surface area contributed by atoms with Crippen LogP contribution >= 0.6 is 0 Å². The molecule has 1 amide bonds. The fourth-order valence-corrected chi connectivity index (χ4v) is 3.34. The summed E-state index contributed by atoms with van der Waals surface area (Å²) in [6.45, 7) is 1.64. The number of benzene rings is 1. The fourth-order valence-electron chi connectivity index (χ4n) is 3.34. The summed E-state index contributed by atoms with van der Waals surface area (Å²) < 4.78 is 0. The first-order valence-corrected chi connectivity index (χ1v) is 10.2. The number of rotatable bonds is 9. The van der Waals surface area contributed by atoms with Gasteiger partial charge in [0.15, 0.2) is 11.4 Å². The van der Waals surface area contributed by atoms with E-state index in [0.717, 1.165) is 0 Å². The molecule has 0 saturated carbocycles. The van der Waals surface area contributed by atoms with Gasteiger partial charge >= 0.3 is 11.9 Å².